The number of benzene rings is 2. The molecule has 46 heavy (non-hydrogen) atoms. The first kappa shape index (κ1) is 36.5. The molecule has 1 atom stereocenters. The Balaban J connectivity index is 1.99. The maximum Gasteiger partial charge on any atom is 0.416 e. The van der Waals surface area contributed by atoms with Crippen LogP contribution in [0.2, 0.25) is 0 Å². The van der Waals surface area contributed by atoms with Gasteiger partial charge in [-0.1, -0.05) is 24.3 Å². The minimum atomic E-state index is -5.20. The molecule has 2 aromatic rings. The molecule has 9 nitrogen and oxygen atoms in total. The van der Waals surface area contributed by atoms with Gasteiger partial charge in [-0.15, -0.1) is 0 Å². The third-order valence-electron chi connectivity index (χ3n) is 6.86. The number of ether oxygens (including phenoxy) is 2. The SMILES string of the molecule is CN(C)S(=O)(=O)NC(=O)C1=C(c2ccc(OC(F)F)cc2)CC(c2ccc(OCCCCCC(F)(F)F)cc2)(C(F)(F)F)NC1=O. The fourth-order valence-electron chi connectivity index (χ4n) is 4.51. The van der Waals surface area contributed by atoms with Crippen LogP contribution in [0.5, 0.6) is 11.5 Å². The van der Waals surface area contributed by atoms with Gasteiger partial charge in [-0.3, -0.25) is 9.59 Å². The standard InChI is InChI=1S/C28H29F8N3O6S/c1-39(2)46(42,43)38-24(41)22-21(17-6-10-20(11-7-17)45-25(29)30)16-26(28(34,35)36,37-23(22)40)18-8-12-19(13-9-18)44-15-5-3-4-14-27(31,32)33/h6-13,25H,3-5,14-16H2,1-2H3,(H,37,40)(H,38,41). The van der Waals surface area contributed by atoms with E-state index in [4.69, 9.17) is 4.74 Å². The molecule has 2 aromatic carbocycles. The van der Waals surface area contributed by atoms with E-state index in [1.165, 1.54) is 0 Å². The first-order chi connectivity index (χ1) is 21.3. The fraction of sp³-hybridized carbons (Fsp3) is 0.429. The molecule has 0 spiro atoms. The molecule has 2 amide bonds. The van der Waals surface area contributed by atoms with Gasteiger partial charge in [0, 0.05) is 26.9 Å². The zero-order valence-corrected chi connectivity index (χ0v) is 25.1. The lowest BCUT2D eigenvalue weighted by Crippen LogP contribution is -2.60. The summed E-state index contributed by atoms with van der Waals surface area (Å²) in [7, 11) is -2.38. The van der Waals surface area contributed by atoms with E-state index in [1.807, 2.05) is 5.32 Å². The number of hydrogen-bond acceptors (Lipinski definition) is 6. The summed E-state index contributed by atoms with van der Waals surface area (Å²) in [4.78, 5) is 26.4. The molecular formula is C28H29F8N3O6S. The van der Waals surface area contributed by atoms with Crippen LogP contribution in [0.25, 0.3) is 5.57 Å². The van der Waals surface area contributed by atoms with Crippen LogP contribution in [0.4, 0.5) is 35.1 Å². The number of nitrogens with zero attached hydrogens (tertiary/aromatic N) is 1. The summed E-state index contributed by atoms with van der Waals surface area (Å²) >= 11 is 0. The van der Waals surface area contributed by atoms with Crippen molar-refractivity contribution in [3.05, 3.63) is 65.2 Å². The average molecular weight is 688 g/mol. The van der Waals surface area contributed by atoms with E-state index >= 15 is 0 Å². The van der Waals surface area contributed by atoms with Crippen LogP contribution in [0, 0.1) is 0 Å². The zero-order chi connectivity index (χ0) is 34.5. The predicted molar refractivity (Wildman–Crippen MR) is 148 cm³/mol. The Bertz CT molecular complexity index is 1530. The number of rotatable bonds is 13. The maximum absolute atomic E-state index is 14.9. The lowest BCUT2D eigenvalue weighted by molar-refractivity contribution is -0.201. The molecule has 254 valence electrons. The van der Waals surface area contributed by atoms with Crippen molar-refractivity contribution in [2.24, 2.45) is 0 Å². The van der Waals surface area contributed by atoms with Crippen LogP contribution in [0.1, 0.15) is 43.2 Å². The molecule has 1 unspecified atom stereocenters. The van der Waals surface area contributed by atoms with Crippen molar-refractivity contribution in [3.8, 4) is 11.5 Å². The van der Waals surface area contributed by atoms with E-state index in [2.05, 4.69) is 4.74 Å². The van der Waals surface area contributed by atoms with E-state index in [0.717, 1.165) is 62.6 Å². The second-order valence-corrected chi connectivity index (χ2v) is 12.2. The van der Waals surface area contributed by atoms with Crippen molar-refractivity contribution in [1.82, 2.24) is 14.3 Å². The summed E-state index contributed by atoms with van der Waals surface area (Å²) < 4.78 is 143. The first-order valence-electron chi connectivity index (χ1n) is 13.5. The fourth-order valence-corrected chi connectivity index (χ4v) is 5.03. The number of hydrogen-bond donors (Lipinski definition) is 2. The number of halogens is 8. The molecule has 0 saturated carbocycles. The summed E-state index contributed by atoms with van der Waals surface area (Å²) in [6, 6.07) is 8.34. The molecule has 0 fully saturated rings. The zero-order valence-electron chi connectivity index (χ0n) is 24.3. The monoisotopic (exact) mass is 687 g/mol. The van der Waals surface area contributed by atoms with Gasteiger partial charge >= 0.3 is 29.2 Å². The van der Waals surface area contributed by atoms with Crippen molar-refractivity contribution in [3.63, 3.8) is 0 Å². The highest BCUT2D eigenvalue weighted by Gasteiger charge is 2.60. The van der Waals surface area contributed by atoms with Gasteiger partial charge in [0.05, 0.1) is 6.61 Å². The molecule has 2 N–H and O–H groups in total. The molecule has 3 rings (SSSR count). The van der Waals surface area contributed by atoms with Gasteiger partial charge in [-0.2, -0.15) is 47.8 Å². The number of unbranched alkanes of at least 4 members (excludes halogenated alkanes) is 2. The topological polar surface area (TPSA) is 114 Å². The van der Waals surface area contributed by atoms with Crippen molar-refractivity contribution in [2.75, 3.05) is 20.7 Å². The molecule has 1 aliphatic rings. The van der Waals surface area contributed by atoms with Gasteiger partial charge in [0.25, 0.3) is 11.8 Å². The molecule has 0 aliphatic carbocycles. The smallest absolute Gasteiger partial charge is 0.416 e. The molecule has 0 bridgehead atoms. The predicted octanol–water partition coefficient (Wildman–Crippen LogP) is 5.44. The second kappa shape index (κ2) is 14.2. The number of carbonyl (C=O) groups excluding carboxylic acids is 2. The number of alkyl halides is 8. The van der Waals surface area contributed by atoms with Crippen LogP contribution < -0.4 is 19.5 Å². The highest BCUT2D eigenvalue weighted by molar-refractivity contribution is 7.87. The van der Waals surface area contributed by atoms with Gasteiger partial charge < -0.3 is 14.8 Å². The third-order valence-corrected chi connectivity index (χ3v) is 8.26. The highest BCUT2D eigenvalue weighted by atomic mass is 32.2. The van der Waals surface area contributed by atoms with Crippen LogP contribution in [0.15, 0.2) is 54.1 Å². The normalized spacial score (nSPS) is 17.7. The largest absolute Gasteiger partial charge is 0.494 e. The molecule has 0 saturated heterocycles. The van der Waals surface area contributed by atoms with Crippen LogP contribution in [-0.4, -0.2) is 64.2 Å². The Morgan fingerprint density at radius 3 is 2.07 bits per heavy atom. The van der Waals surface area contributed by atoms with E-state index in [0.29, 0.717) is 4.31 Å². The van der Waals surface area contributed by atoms with Crippen LogP contribution in [-0.2, 0) is 25.3 Å². The van der Waals surface area contributed by atoms with Gasteiger partial charge in [-0.05, 0) is 60.2 Å². The van der Waals surface area contributed by atoms with Gasteiger partial charge in [-0.25, -0.2) is 4.72 Å². The van der Waals surface area contributed by atoms with Crippen molar-refractivity contribution >= 4 is 27.6 Å². The molecule has 18 heteroatoms. The minimum absolute atomic E-state index is 0.00909. The van der Waals surface area contributed by atoms with Crippen LogP contribution in [0.3, 0.4) is 0 Å². The number of carbonyl (C=O) groups is 2. The Labute approximate surface area is 258 Å². The lowest BCUT2D eigenvalue weighted by Gasteiger charge is -2.41. The lowest BCUT2D eigenvalue weighted by atomic mass is 9.76. The second-order valence-electron chi connectivity index (χ2n) is 10.3. The van der Waals surface area contributed by atoms with Gasteiger partial charge in [0.15, 0.2) is 5.54 Å². The van der Waals surface area contributed by atoms with E-state index in [-0.39, 0.29) is 42.9 Å². The molecule has 1 aliphatic heterocycles. The van der Waals surface area contributed by atoms with Crippen molar-refractivity contribution in [2.45, 2.75) is 56.6 Å². The molecule has 0 aromatic heterocycles. The first-order valence-corrected chi connectivity index (χ1v) is 14.9. The summed E-state index contributed by atoms with van der Waals surface area (Å²) in [5, 5.41) is 1.82. The summed E-state index contributed by atoms with van der Waals surface area (Å²) in [6.07, 6.45) is -11.2. The Kier molecular flexibility index (Phi) is 11.3. The van der Waals surface area contributed by atoms with E-state index < -0.39 is 76.1 Å². The Morgan fingerprint density at radius 1 is 0.957 bits per heavy atom. The van der Waals surface area contributed by atoms with E-state index in [1.54, 1.807) is 4.72 Å². The average Bonchev–Trinajstić information content (AvgIpc) is 2.93. The molecular weight excluding hydrogens is 658 g/mol. The van der Waals surface area contributed by atoms with E-state index in [9.17, 15) is 53.1 Å². The summed E-state index contributed by atoms with van der Waals surface area (Å²) in [5.74, 6) is -3.39. The van der Waals surface area contributed by atoms with Gasteiger partial charge in [0.1, 0.15) is 17.1 Å². The van der Waals surface area contributed by atoms with Crippen molar-refractivity contribution < 1.29 is 62.6 Å². The maximum atomic E-state index is 14.9. The van der Waals surface area contributed by atoms with Crippen LogP contribution >= 0.6 is 0 Å². The molecule has 1 heterocycles. The number of nitrogens with one attached hydrogen (secondary N) is 2. The van der Waals surface area contributed by atoms with Crippen molar-refractivity contribution in [1.29, 1.82) is 0 Å². The Morgan fingerprint density at radius 2 is 1.54 bits per heavy atom. The quantitative estimate of drug-likeness (QED) is 0.165. The summed E-state index contributed by atoms with van der Waals surface area (Å²) in [6.45, 7) is -3.23. The number of amides is 2. The summed E-state index contributed by atoms with van der Waals surface area (Å²) in [5.41, 5.74) is -5.35. The minimum Gasteiger partial charge on any atom is -0.494 e. The van der Waals surface area contributed by atoms with Gasteiger partial charge in [0.2, 0.25) is 0 Å². The third kappa shape index (κ3) is 9.08. The highest BCUT2D eigenvalue weighted by Crippen LogP contribution is 2.48. The Hall–Kier alpha value is -3.93. The molecule has 0 radical (unpaired) electrons.